The van der Waals surface area contributed by atoms with Crippen molar-refractivity contribution in [3.8, 4) is 0 Å². The summed E-state index contributed by atoms with van der Waals surface area (Å²) in [5.41, 5.74) is 0.993. The molecular weight excluding hydrogens is 357 g/mol. The zero-order valence-corrected chi connectivity index (χ0v) is 14.0. The maximum atomic E-state index is 13.5. The van der Waals surface area contributed by atoms with Gasteiger partial charge < -0.3 is 5.32 Å². The monoisotopic (exact) mass is 369 g/mol. The van der Waals surface area contributed by atoms with Crippen molar-refractivity contribution in [2.75, 3.05) is 7.05 Å². The number of hydrogen-bond acceptors (Lipinski definition) is 3. The number of fused-ring (bicyclic) bond motifs is 1. The first-order valence-corrected chi connectivity index (χ1v) is 8.74. The first-order chi connectivity index (χ1) is 9.65. The maximum absolute atomic E-state index is 13.5. The summed E-state index contributed by atoms with van der Waals surface area (Å²) < 4.78 is 16.9. The van der Waals surface area contributed by atoms with E-state index in [2.05, 4.69) is 38.8 Å². The van der Waals surface area contributed by atoms with Crippen molar-refractivity contribution in [2.24, 2.45) is 0 Å². The number of likely N-dealkylation sites (N-methyl/N-ethyl adjacent to an activating group) is 1. The summed E-state index contributed by atoms with van der Waals surface area (Å²) >= 11 is 6.92. The second kappa shape index (κ2) is 5.93. The Hall–Kier alpha value is -0.750. The van der Waals surface area contributed by atoms with Crippen molar-refractivity contribution in [2.45, 2.75) is 12.5 Å². The number of rotatable bonds is 4. The lowest BCUT2D eigenvalue weighted by Crippen LogP contribution is -2.17. The highest BCUT2D eigenvalue weighted by molar-refractivity contribution is 9.10. The van der Waals surface area contributed by atoms with Gasteiger partial charge in [-0.1, -0.05) is 15.9 Å². The van der Waals surface area contributed by atoms with Crippen LogP contribution >= 0.6 is 38.6 Å². The number of benzene rings is 1. The summed E-state index contributed by atoms with van der Waals surface area (Å²) in [7, 11) is 1.95. The van der Waals surface area contributed by atoms with Gasteiger partial charge in [-0.3, -0.25) is 0 Å². The Morgan fingerprint density at radius 1 is 1.25 bits per heavy atom. The van der Waals surface area contributed by atoms with Crippen LogP contribution in [-0.2, 0) is 6.42 Å². The Morgan fingerprint density at radius 3 is 2.80 bits per heavy atom. The lowest BCUT2D eigenvalue weighted by molar-refractivity contribution is 0.592. The van der Waals surface area contributed by atoms with Gasteiger partial charge in [0.05, 0.1) is 0 Å². The van der Waals surface area contributed by atoms with E-state index in [0.29, 0.717) is 0 Å². The minimum absolute atomic E-state index is 0.198. The van der Waals surface area contributed by atoms with Crippen LogP contribution in [0, 0.1) is 5.82 Å². The summed E-state index contributed by atoms with van der Waals surface area (Å²) in [6.07, 6.45) is 0.778. The number of thiophene rings is 2. The van der Waals surface area contributed by atoms with Crippen molar-refractivity contribution in [3.05, 3.63) is 56.4 Å². The molecule has 3 aromatic rings. The van der Waals surface area contributed by atoms with Crippen LogP contribution < -0.4 is 5.32 Å². The fraction of sp³-hybridized carbons (Fsp3) is 0.200. The minimum atomic E-state index is -0.198. The van der Waals surface area contributed by atoms with Gasteiger partial charge in [0, 0.05) is 24.8 Å². The second-order valence-corrected chi connectivity index (χ2v) is 7.60. The molecule has 104 valence electrons. The average Bonchev–Trinajstić information content (AvgIpc) is 2.95. The Kier molecular flexibility index (Phi) is 4.21. The van der Waals surface area contributed by atoms with Gasteiger partial charge in [0.15, 0.2) is 0 Å². The van der Waals surface area contributed by atoms with Gasteiger partial charge in [-0.2, -0.15) is 0 Å². The van der Waals surface area contributed by atoms with Gasteiger partial charge in [-0.05, 0) is 54.7 Å². The molecule has 5 heteroatoms. The Bertz CT molecular complexity index is 686. The Morgan fingerprint density at radius 2 is 2.10 bits per heavy atom. The third-order valence-corrected chi connectivity index (χ3v) is 5.88. The van der Waals surface area contributed by atoms with Gasteiger partial charge in [-0.25, -0.2) is 4.39 Å². The van der Waals surface area contributed by atoms with Crippen molar-refractivity contribution in [1.82, 2.24) is 5.32 Å². The molecule has 1 unspecified atom stereocenters. The van der Waals surface area contributed by atoms with Crippen LogP contribution in [-0.4, -0.2) is 7.05 Å². The van der Waals surface area contributed by atoms with Crippen molar-refractivity contribution >= 4 is 48.0 Å². The molecule has 0 amide bonds. The fourth-order valence-corrected chi connectivity index (χ4v) is 5.01. The summed E-state index contributed by atoms with van der Waals surface area (Å²) in [4.78, 5) is 1.30. The highest BCUT2D eigenvalue weighted by Crippen LogP contribution is 2.34. The molecular formula is C15H13BrFNS2. The molecule has 20 heavy (non-hydrogen) atoms. The molecule has 0 radical (unpaired) electrons. The zero-order valence-electron chi connectivity index (χ0n) is 10.8. The highest BCUT2D eigenvalue weighted by Gasteiger charge is 2.14. The number of nitrogens with one attached hydrogen (secondary N) is 1. The van der Waals surface area contributed by atoms with E-state index < -0.39 is 0 Å². The van der Waals surface area contributed by atoms with Crippen LogP contribution in [0.5, 0.6) is 0 Å². The molecule has 1 N–H and O–H groups in total. The lowest BCUT2D eigenvalue weighted by Gasteiger charge is -2.14. The first-order valence-electron chi connectivity index (χ1n) is 6.25. The molecule has 2 aromatic heterocycles. The molecule has 0 fully saturated rings. The van der Waals surface area contributed by atoms with E-state index in [-0.39, 0.29) is 11.9 Å². The third-order valence-electron chi connectivity index (χ3n) is 3.21. The van der Waals surface area contributed by atoms with Gasteiger partial charge in [0.25, 0.3) is 0 Å². The summed E-state index contributed by atoms with van der Waals surface area (Å²) in [6.45, 7) is 0. The van der Waals surface area contributed by atoms with E-state index in [1.165, 1.54) is 20.3 Å². The largest absolute Gasteiger partial charge is 0.312 e. The molecule has 0 spiro atoms. The van der Waals surface area contributed by atoms with Gasteiger partial charge >= 0.3 is 0 Å². The number of halogens is 2. The quantitative estimate of drug-likeness (QED) is 0.651. The molecule has 0 aliphatic carbocycles. The molecule has 1 atom stereocenters. The molecule has 0 aliphatic rings. The topological polar surface area (TPSA) is 12.0 Å². The van der Waals surface area contributed by atoms with Crippen molar-refractivity contribution in [3.63, 3.8) is 0 Å². The van der Waals surface area contributed by atoms with Crippen LogP contribution in [0.15, 0.2) is 40.2 Å². The van der Waals surface area contributed by atoms with E-state index in [1.54, 1.807) is 28.7 Å². The standard InChI is InChI=1S/C15H13BrFNS2/c1-18-12(6-9-4-10(16)7-11(17)5-9)14-8-15-13(20-14)2-3-19-15/h2-5,7-8,12,18H,6H2,1H3. The smallest absolute Gasteiger partial charge is 0.124 e. The predicted molar refractivity (Wildman–Crippen MR) is 89.3 cm³/mol. The van der Waals surface area contributed by atoms with E-state index in [4.69, 9.17) is 0 Å². The molecule has 0 saturated heterocycles. The van der Waals surface area contributed by atoms with E-state index in [9.17, 15) is 4.39 Å². The third kappa shape index (κ3) is 2.96. The number of hydrogen-bond donors (Lipinski definition) is 1. The van der Waals surface area contributed by atoms with E-state index in [0.717, 1.165) is 16.5 Å². The summed E-state index contributed by atoms with van der Waals surface area (Å²) in [5, 5.41) is 5.45. The molecule has 3 rings (SSSR count). The SMILES string of the molecule is CNC(Cc1cc(F)cc(Br)c1)c1cc2sccc2s1. The van der Waals surface area contributed by atoms with Crippen LogP contribution in [0.4, 0.5) is 4.39 Å². The molecule has 0 aliphatic heterocycles. The molecule has 0 saturated carbocycles. The van der Waals surface area contributed by atoms with Gasteiger partial charge in [0.2, 0.25) is 0 Å². The predicted octanol–water partition coefficient (Wildman–Crippen LogP) is 5.37. The van der Waals surface area contributed by atoms with Crippen LogP contribution in [0.1, 0.15) is 16.5 Å². The normalized spacial score (nSPS) is 12.9. The zero-order chi connectivity index (χ0) is 14.1. The van der Waals surface area contributed by atoms with Crippen LogP contribution in [0.2, 0.25) is 0 Å². The second-order valence-electron chi connectivity index (χ2n) is 4.62. The van der Waals surface area contributed by atoms with Gasteiger partial charge in [-0.15, -0.1) is 22.7 Å². The summed E-state index contributed by atoms with van der Waals surface area (Å²) in [5.74, 6) is -0.198. The van der Waals surface area contributed by atoms with E-state index in [1.807, 2.05) is 13.1 Å². The van der Waals surface area contributed by atoms with Crippen molar-refractivity contribution < 1.29 is 4.39 Å². The molecule has 1 nitrogen and oxygen atoms in total. The molecule has 2 heterocycles. The molecule has 1 aromatic carbocycles. The Labute approximate surface area is 133 Å². The van der Waals surface area contributed by atoms with Crippen LogP contribution in [0.25, 0.3) is 9.40 Å². The van der Waals surface area contributed by atoms with Gasteiger partial charge in [0.1, 0.15) is 5.82 Å². The lowest BCUT2D eigenvalue weighted by atomic mass is 10.0. The van der Waals surface area contributed by atoms with E-state index >= 15 is 0 Å². The average molecular weight is 370 g/mol. The first kappa shape index (κ1) is 14.2. The highest BCUT2D eigenvalue weighted by atomic mass is 79.9. The molecule has 0 bridgehead atoms. The summed E-state index contributed by atoms with van der Waals surface area (Å²) in [6, 6.07) is 9.67. The Balaban J connectivity index is 1.88. The minimum Gasteiger partial charge on any atom is -0.312 e. The fourth-order valence-electron chi connectivity index (χ4n) is 2.27. The van der Waals surface area contributed by atoms with Crippen LogP contribution in [0.3, 0.4) is 0 Å². The maximum Gasteiger partial charge on any atom is 0.124 e. The van der Waals surface area contributed by atoms with Crippen molar-refractivity contribution in [1.29, 1.82) is 0 Å².